The van der Waals surface area contributed by atoms with Gasteiger partial charge in [0.15, 0.2) is 0 Å². The van der Waals surface area contributed by atoms with E-state index in [1.165, 1.54) is 12.2 Å². The van der Waals surface area contributed by atoms with Crippen LogP contribution in [0.3, 0.4) is 0 Å². The lowest BCUT2D eigenvalue weighted by atomic mass is 10.2. The number of thioether (sulfide) groups is 1. The fourth-order valence-electron chi connectivity index (χ4n) is 1.50. The monoisotopic (exact) mass is 195 g/mol. The van der Waals surface area contributed by atoms with Gasteiger partial charge in [-0.3, -0.25) is 0 Å². The molecule has 1 saturated heterocycles. The Balaban J connectivity index is 1.92. The van der Waals surface area contributed by atoms with E-state index in [0.29, 0.717) is 6.04 Å². The molecule has 0 amide bonds. The summed E-state index contributed by atoms with van der Waals surface area (Å²) in [5, 5.41) is 4.18. The molecule has 1 N–H and O–H groups in total. The highest BCUT2D eigenvalue weighted by molar-refractivity contribution is 8.00. The van der Waals surface area contributed by atoms with Crippen molar-refractivity contribution in [2.75, 3.05) is 11.1 Å². The normalized spacial score (nSPS) is 27.5. The molecule has 0 aromatic carbocycles. The molecule has 3 nitrogen and oxygen atoms in total. The zero-order chi connectivity index (χ0) is 9.10. The first kappa shape index (κ1) is 8.81. The second-order valence-corrected chi connectivity index (χ2v) is 4.79. The SMILES string of the molecule is CC1CC(Nc2ccncn2)CS1. The third kappa shape index (κ3) is 2.34. The van der Waals surface area contributed by atoms with Gasteiger partial charge in [-0.05, 0) is 12.5 Å². The van der Waals surface area contributed by atoms with E-state index in [2.05, 4.69) is 22.2 Å². The first-order valence-corrected chi connectivity index (χ1v) is 5.53. The van der Waals surface area contributed by atoms with Crippen LogP contribution >= 0.6 is 11.8 Å². The molecular formula is C9H13N3S. The molecule has 70 valence electrons. The predicted molar refractivity (Wildman–Crippen MR) is 56.0 cm³/mol. The first-order chi connectivity index (χ1) is 6.34. The van der Waals surface area contributed by atoms with Crippen LogP contribution in [0.15, 0.2) is 18.6 Å². The maximum absolute atomic E-state index is 4.14. The van der Waals surface area contributed by atoms with E-state index in [1.54, 1.807) is 12.5 Å². The van der Waals surface area contributed by atoms with Crippen LogP contribution in [0.5, 0.6) is 0 Å². The van der Waals surface area contributed by atoms with E-state index in [-0.39, 0.29) is 0 Å². The Bertz CT molecular complexity index is 265. The van der Waals surface area contributed by atoms with Crippen molar-refractivity contribution in [1.82, 2.24) is 9.97 Å². The van der Waals surface area contributed by atoms with Crippen molar-refractivity contribution >= 4 is 17.6 Å². The van der Waals surface area contributed by atoms with Crippen molar-refractivity contribution in [2.45, 2.75) is 24.6 Å². The van der Waals surface area contributed by atoms with Crippen LogP contribution in [0, 0.1) is 0 Å². The van der Waals surface area contributed by atoms with Crippen LogP contribution in [0.4, 0.5) is 5.82 Å². The molecule has 1 fully saturated rings. The van der Waals surface area contributed by atoms with Crippen molar-refractivity contribution in [2.24, 2.45) is 0 Å². The number of aromatic nitrogens is 2. The van der Waals surface area contributed by atoms with E-state index in [1.807, 2.05) is 17.8 Å². The largest absolute Gasteiger partial charge is 0.366 e. The maximum atomic E-state index is 4.14. The van der Waals surface area contributed by atoms with Gasteiger partial charge >= 0.3 is 0 Å². The van der Waals surface area contributed by atoms with Crippen LogP contribution in [-0.2, 0) is 0 Å². The van der Waals surface area contributed by atoms with Crippen LogP contribution in [0.1, 0.15) is 13.3 Å². The van der Waals surface area contributed by atoms with E-state index in [9.17, 15) is 0 Å². The highest BCUT2D eigenvalue weighted by Crippen LogP contribution is 2.27. The van der Waals surface area contributed by atoms with Gasteiger partial charge in [0.25, 0.3) is 0 Å². The Hall–Kier alpha value is -0.770. The summed E-state index contributed by atoms with van der Waals surface area (Å²) >= 11 is 2.02. The Labute approximate surface area is 82.4 Å². The second-order valence-electron chi connectivity index (χ2n) is 3.32. The third-order valence-corrected chi connectivity index (χ3v) is 3.49. The Morgan fingerprint density at radius 2 is 2.54 bits per heavy atom. The maximum Gasteiger partial charge on any atom is 0.129 e. The minimum absolute atomic E-state index is 0.579. The minimum atomic E-state index is 0.579. The van der Waals surface area contributed by atoms with Gasteiger partial charge in [0.05, 0.1) is 0 Å². The molecule has 2 unspecified atom stereocenters. The lowest BCUT2D eigenvalue weighted by Gasteiger charge is -2.11. The zero-order valence-corrected chi connectivity index (χ0v) is 8.42. The summed E-state index contributed by atoms with van der Waals surface area (Å²) < 4.78 is 0. The molecule has 2 rings (SSSR count). The molecule has 0 aliphatic carbocycles. The molecule has 4 heteroatoms. The van der Waals surface area contributed by atoms with E-state index >= 15 is 0 Å². The molecule has 0 spiro atoms. The van der Waals surface area contributed by atoms with Gasteiger partial charge in [-0.15, -0.1) is 0 Å². The Morgan fingerprint density at radius 3 is 3.15 bits per heavy atom. The standard InChI is InChI=1S/C9H13N3S/c1-7-4-8(5-13-7)12-9-2-3-10-6-11-9/h2-3,6-8H,4-5H2,1H3,(H,10,11,12). The van der Waals surface area contributed by atoms with Crippen molar-refractivity contribution in [3.63, 3.8) is 0 Å². The third-order valence-electron chi connectivity index (χ3n) is 2.13. The lowest BCUT2D eigenvalue weighted by Crippen LogP contribution is -2.19. The van der Waals surface area contributed by atoms with E-state index in [0.717, 1.165) is 11.1 Å². The summed E-state index contributed by atoms with van der Waals surface area (Å²) in [5.74, 6) is 2.13. The number of hydrogen-bond acceptors (Lipinski definition) is 4. The van der Waals surface area contributed by atoms with E-state index in [4.69, 9.17) is 0 Å². The molecule has 1 aliphatic rings. The first-order valence-electron chi connectivity index (χ1n) is 4.49. The summed E-state index contributed by atoms with van der Waals surface area (Å²) in [6.45, 7) is 2.27. The smallest absolute Gasteiger partial charge is 0.129 e. The quantitative estimate of drug-likeness (QED) is 0.780. The summed E-state index contributed by atoms with van der Waals surface area (Å²) in [5.41, 5.74) is 0. The molecular weight excluding hydrogens is 182 g/mol. The van der Waals surface area contributed by atoms with Crippen LogP contribution in [0.25, 0.3) is 0 Å². The van der Waals surface area contributed by atoms with Gasteiger partial charge < -0.3 is 5.32 Å². The molecule has 0 bridgehead atoms. The number of nitrogens with zero attached hydrogens (tertiary/aromatic N) is 2. The van der Waals surface area contributed by atoms with Gasteiger partial charge in [-0.1, -0.05) is 6.92 Å². The molecule has 2 heterocycles. The Kier molecular flexibility index (Phi) is 2.68. The lowest BCUT2D eigenvalue weighted by molar-refractivity contribution is 0.742. The average molecular weight is 195 g/mol. The molecule has 1 aliphatic heterocycles. The van der Waals surface area contributed by atoms with Gasteiger partial charge in [0.2, 0.25) is 0 Å². The molecule has 2 atom stereocenters. The van der Waals surface area contributed by atoms with Crippen LogP contribution in [0.2, 0.25) is 0 Å². The fraction of sp³-hybridized carbons (Fsp3) is 0.556. The minimum Gasteiger partial charge on any atom is -0.366 e. The second kappa shape index (κ2) is 3.96. The molecule has 0 radical (unpaired) electrons. The van der Waals surface area contributed by atoms with Crippen molar-refractivity contribution in [3.05, 3.63) is 18.6 Å². The van der Waals surface area contributed by atoms with Gasteiger partial charge in [0.1, 0.15) is 12.1 Å². The van der Waals surface area contributed by atoms with Crippen LogP contribution < -0.4 is 5.32 Å². The molecule has 13 heavy (non-hydrogen) atoms. The topological polar surface area (TPSA) is 37.8 Å². The highest BCUT2D eigenvalue weighted by Gasteiger charge is 2.21. The van der Waals surface area contributed by atoms with Crippen LogP contribution in [-0.4, -0.2) is 27.0 Å². The predicted octanol–water partition coefficient (Wildman–Crippen LogP) is 1.78. The average Bonchev–Trinajstić information content (AvgIpc) is 2.53. The summed E-state index contributed by atoms with van der Waals surface area (Å²) in [7, 11) is 0. The fourth-order valence-corrected chi connectivity index (χ4v) is 2.65. The van der Waals surface area contributed by atoms with Crippen molar-refractivity contribution in [1.29, 1.82) is 0 Å². The molecule has 0 saturated carbocycles. The number of anilines is 1. The van der Waals surface area contributed by atoms with Crippen molar-refractivity contribution < 1.29 is 0 Å². The molecule has 1 aromatic heterocycles. The number of rotatable bonds is 2. The summed E-state index contributed by atoms with van der Waals surface area (Å²) in [6, 6.07) is 2.49. The highest BCUT2D eigenvalue weighted by atomic mass is 32.2. The summed E-state index contributed by atoms with van der Waals surface area (Å²) in [4.78, 5) is 8.01. The van der Waals surface area contributed by atoms with Gasteiger partial charge in [-0.25, -0.2) is 9.97 Å². The summed E-state index contributed by atoms with van der Waals surface area (Å²) in [6.07, 6.45) is 4.57. The van der Waals surface area contributed by atoms with Gasteiger partial charge in [0, 0.05) is 23.2 Å². The van der Waals surface area contributed by atoms with E-state index < -0.39 is 0 Å². The van der Waals surface area contributed by atoms with Crippen molar-refractivity contribution in [3.8, 4) is 0 Å². The van der Waals surface area contributed by atoms with Gasteiger partial charge in [-0.2, -0.15) is 11.8 Å². The Morgan fingerprint density at radius 1 is 1.62 bits per heavy atom. The number of hydrogen-bond donors (Lipinski definition) is 1. The molecule has 1 aromatic rings. The number of nitrogens with one attached hydrogen (secondary N) is 1. The zero-order valence-electron chi connectivity index (χ0n) is 7.60.